The van der Waals surface area contributed by atoms with Crippen molar-refractivity contribution in [2.45, 2.75) is 33.6 Å². The molecule has 0 aliphatic heterocycles. The Morgan fingerprint density at radius 3 is 2.37 bits per heavy atom. The van der Waals surface area contributed by atoms with Gasteiger partial charge in [0.15, 0.2) is 11.6 Å². The fraction of sp³-hybridized carbons (Fsp3) is 0.615. The Labute approximate surface area is 114 Å². The van der Waals surface area contributed by atoms with Crippen LogP contribution in [0.2, 0.25) is 0 Å². The average molecular weight is 266 g/mol. The molecule has 106 valence electrons. The van der Waals surface area contributed by atoms with Gasteiger partial charge in [0.05, 0.1) is 6.61 Å². The first kappa shape index (κ1) is 15.2. The number of hydrogen-bond donors (Lipinski definition) is 1. The molecule has 0 aliphatic carbocycles. The van der Waals surface area contributed by atoms with Gasteiger partial charge in [0.2, 0.25) is 0 Å². The minimum absolute atomic E-state index is 0.331. The summed E-state index contributed by atoms with van der Waals surface area (Å²) < 4.78 is 4.77. The van der Waals surface area contributed by atoms with Crippen LogP contribution in [-0.2, 0) is 4.74 Å². The van der Waals surface area contributed by atoms with Gasteiger partial charge < -0.3 is 9.64 Å². The molecule has 0 aromatic carbocycles. The molecule has 1 N–H and O–H groups in total. The predicted molar refractivity (Wildman–Crippen MR) is 75.5 cm³/mol. The summed E-state index contributed by atoms with van der Waals surface area (Å²) in [7, 11) is 0. The lowest BCUT2D eigenvalue weighted by Gasteiger charge is -2.21. The van der Waals surface area contributed by atoms with Crippen LogP contribution in [0.1, 0.15) is 33.6 Å². The van der Waals surface area contributed by atoms with Crippen molar-refractivity contribution in [1.29, 1.82) is 0 Å². The van der Waals surface area contributed by atoms with Crippen LogP contribution in [0.25, 0.3) is 0 Å². The van der Waals surface area contributed by atoms with Crippen LogP contribution in [0, 0.1) is 0 Å². The standard InChI is InChI=1S/C13H22N4O2/c1-4-9-17(10-5-2)12-8-7-11(15-16-12)14-13(18)19-6-3/h7-8H,4-6,9-10H2,1-3H3,(H,14,15,18). The van der Waals surface area contributed by atoms with Crippen LogP contribution in [0.5, 0.6) is 0 Å². The smallest absolute Gasteiger partial charge is 0.412 e. The monoisotopic (exact) mass is 266 g/mol. The molecule has 0 radical (unpaired) electrons. The third kappa shape index (κ3) is 5.11. The quantitative estimate of drug-likeness (QED) is 0.821. The van der Waals surface area contributed by atoms with Crippen LogP contribution in [0.3, 0.4) is 0 Å². The first-order valence-electron chi connectivity index (χ1n) is 6.73. The number of ether oxygens (including phenoxy) is 1. The van der Waals surface area contributed by atoms with Crippen LogP contribution in [-0.4, -0.2) is 36.0 Å². The van der Waals surface area contributed by atoms with E-state index in [0.717, 1.165) is 31.7 Å². The first-order chi connectivity index (χ1) is 9.21. The van der Waals surface area contributed by atoms with Gasteiger partial charge in [-0.25, -0.2) is 4.79 Å². The lowest BCUT2D eigenvalue weighted by atomic mass is 10.3. The molecule has 19 heavy (non-hydrogen) atoms. The van der Waals surface area contributed by atoms with Gasteiger partial charge >= 0.3 is 6.09 Å². The van der Waals surface area contributed by atoms with Gasteiger partial charge in [-0.05, 0) is 31.9 Å². The number of aromatic nitrogens is 2. The van der Waals surface area contributed by atoms with Crippen molar-refractivity contribution >= 4 is 17.7 Å². The van der Waals surface area contributed by atoms with E-state index in [2.05, 4.69) is 34.3 Å². The highest BCUT2D eigenvalue weighted by molar-refractivity contribution is 5.83. The molecule has 6 nitrogen and oxygen atoms in total. The minimum Gasteiger partial charge on any atom is -0.450 e. The maximum absolute atomic E-state index is 11.2. The number of amides is 1. The number of hydrogen-bond acceptors (Lipinski definition) is 5. The van der Waals surface area contributed by atoms with Gasteiger partial charge in [-0.3, -0.25) is 5.32 Å². The summed E-state index contributed by atoms with van der Waals surface area (Å²) in [5, 5.41) is 10.6. The van der Waals surface area contributed by atoms with Crippen LogP contribution in [0.4, 0.5) is 16.4 Å². The van der Waals surface area contributed by atoms with Crippen molar-refractivity contribution in [2.24, 2.45) is 0 Å². The SMILES string of the molecule is CCCN(CCC)c1ccc(NC(=O)OCC)nn1. The van der Waals surface area contributed by atoms with Crippen LogP contribution >= 0.6 is 0 Å². The summed E-state index contributed by atoms with van der Waals surface area (Å²) in [6, 6.07) is 3.59. The zero-order valence-corrected chi connectivity index (χ0v) is 11.8. The molecule has 1 amide bonds. The molecule has 1 heterocycles. The second-order valence-electron chi connectivity index (χ2n) is 4.11. The molecule has 0 atom stereocenters. The molecule has 1 aromatic heterocycles. The van der Waals surface area contributed by atoms with E-state index in [9.17, 15) is 4.79 Å². The number of carbonyl (C=O) groups is 1. The lowest BCUT2D eigenvalue weighted by molar-refractivity contribution is 0.168. The topological polar surface area (TPSA) is 67.4 Å². The van der Waals surface area contributed by atoms with Crippen LogP contribution < -0.4 is 10.2 Å². The Hall–Kier alpha value is -1.85. The third-order valence-electron chi connectivity index (χ3n) is 2.47. The molecule has 0 aliphatic rings. The van der Waals surface area contributed by atoms with E-state index >= 15 is 0 Å². The molecular weight excluding hydrogens is 244 g/mol. The minimum atomic E-state index is -0.511. The van der Waals surface area contributed by atoms with Gasteiger partial charge in [-0.2, -0.15) is 0 Å². The summed E-state index contributed by atoms with van der Waals surface area (Å²) in [6.45, 7) is 8.25. The largest absolute Gasteiger partial charge is 0.450 e. The number of nitrogens with zero attached hydrogens (tertiary/aromatic N) is 3. The number of nitrogens with one attached hydrogen (secondary N) is 1. The highest BCUT2D eigenvalue weighted by atomic mass is 16.5. The van der Waals surface area contributed by atoms with Gasteiger partial charge in [0, 0.05) is 13.1 Å². The summed E-state index contributed by atoms with van der Waals surface area (Å²) in [4.78, 5) is 13.4. The average Bonchev–Trinajstić information content (AvgIpc) is 2.40. The van der Waals surface area contributed by atoms with Crippen molar-refractivity contribution in [3.8, 4) is 0 Å². The number of anilines is 2. The molecule has 1 aromatic rings. The zero-order chi connectivity index (χ0) is 14.1. The van der Waals surface area contributed by atoms with E-state index < -0.39 is 6.09 Å². The summed E-state index contributed by atoms with van der Waals surface area (Å²) >= 11 is 0. The fourth-order valence-corrected chi connectivity index (χ4v) is 1.71. The first-order valence-corrected chi connectivity index (χ1v) is 6.73. The molecule has 0 saturated heterocycles. The Morgan fingerprint density at radius 2 is 1.89 bits per heavy atom. The van der Waals surface area contributed by atoms with Gasteiger partial charge in [-0.1, -0.05) is 13.8 Å². The Morgan fingerprint density at radius 1 is 1.21 bits per heavy atom. The summed E-state index contributed by atoms with van der Waals surface area (Å²) in [6.07, 6.45) is 1.61. The maximum atomic E-state index is 11.2. The summed E-state index contributed by atoms with van der Waals surface area (Å²) in [5.41, 5.74) is 0. The van der Waals surface area contributed by atoms with Crippen molar-refractivity contribution < 1.29 is 9.53 Å². The fourth-order valence-electron chi connectivity index (χ4n) is 1.71. The number of rotatable bonds is 7. The molecule has 0 unspecified atom stereocenters. The van der Waals surface area contributed by atoms with Crippen LogP contribution in [0.15, 0.2) is 12.1 Å². The van der Waals surface area contributed by atoms with E-state index in [-0.39, 0.29) is 0 Å². The molecule has 6 heteroatoms. The van der Waals surface area contributed by atoms with E-state index in [1.807, 2.05) is 6.07 Å². The third-order valence-corrected chi connectivity index (χ3v) is 2.47. The lowest BCUT2D eigenvalue weighted by Crippen LogP contribution is -2.26. The highest BCUT2D eigenvalue weighted by Gasteiger charge is 2.08. The molecule has 0 bridgehead atoms. The van der Waals surface area contributed by atoms with Gasteiger partial charge in [0.25, 0.3) is 0 Å². The second-order valence-corrected chi connectivity index (χ2v) is 4.11. The Bertz CT molecular complexity index is 375. The van der Waals surface area contributed by atoms with Crippen molar-refractivity contribution in [1.82, 2.24) is 10.2 Å². The number of carbonyl (C=O) groups excluding carboxylic acids is 1. The van der Waals surface area contributed by atoms with E-state index in [1.54, 1.807) is 13.0 Å². The zero-order valence-electron chi connectivity index (χ0n) is 11.8. The second kappa shape index (κ2) is 8.29. The van der Waals surface area contributed by atoms with Gasteiger partial charge in [0.1, 0.15) is 0 Å². The molecule has 0 saturated carbocycles. The molecular formula is C13H22N4O2. The van der Waals surface area contributed by atoms with Crippen molar-refractivity contribution in [3.63, 3.8) is 0 Å². The predicted octanol–water partition coefficient (Wildman–Crippen LogP) is 2.67. The summed E-state index contributed by atoms with van der Waals surface area (Å²) in [5.74, 6) is 1.23. The maximum Gasteiger partial charge on any atom is 0.412 e. The molecule has 1 rings (SSSR count). The molecule has 0 fully saturated rings. The van der Waals surface area contributed by atoms with E-state index in [4.69, 9.17) is 4.74 Å². The van der Waals surface area contributed by atoms with E-state index in [1.165, 1.54) is 0 Å². The molecule has 0 spiro atoms. The Kier molecular flexibility index (Phi) is 6.63. The van der Waals surface area contributed by atoms with Crippen molar-refractivity contribution in [3.05, 3.63) is 12.1 Å². The Balaban J connectivity index is 2.65. The van der Waals surface area contributed by atoms with Crippen molar-refractivity contribution in [2.75, 3.05) is 29.9 Å². The van der Waals surface area contributed by atoms with Gasteiger partial charge in [-0.15, -0.1) is 10.2 Å². The highest BCUT2D eigenvalue weighted by Crippen LogP contribution is 2.12. The van der Waals surface area contributed by atoms with E-state index in [0.29, 0.717) is 12.4 Å². The normalized spacial score (nSPS) is 10.1.